The Hall–Kier alpha value is -0.730. The molecule has 0 aliphatic rings. The van der Waals surface area contributed by atoms with E-state index in [2.05, 4.69) is 10.1 Å². The molecule has 0 heterocycles. The summed E-state index contributed by atoms with van der Waals surface area (Å²) in [5, 5.41) is 2.49. The molecule has 0 atom stereocenters. The van der Waals surface area contributed by atoms with Crippen molar-refractivity contribution in [3.63, 3.8) is 0 Å². The highest BCUT2D eigenvalue weighted by molar-refractivity contribution is 5.66. The second-order valence-corrected chi connectivity index (χ2v) is 1.25. The summed E-state index contributed by atoms with van der Waals surface area (Å²) in [5.41, 5.74) is 0. The van der Waals surface area contributed by atoms with Gasteiger partial charge >= 0.3 is 6.09 Å². The second kappa shape index (κ2) is 4.43. The van der Waals surface area contributed by atoms with Gasteiger partial charge in [-0.2, -0.15) is 0 Å². The molecular formula is C5H11NO2. The first-order chi connectivity index (χ1) is 3.81. The van der Waals surface area contributed by atoms with Crippen molar-refractivity contribution in [1.29, 1.82) is 0 Å². The predicted octanol–water partition coefficient (Wildman–Crippen LogP) is 0.752. The Labute approximate surface area is 49.0 Å². The molecule has 8 heavy (non-hydrogen) atoms. The largest absolute Gasteiger partial charge is 0.450 e. The quantitative estimate of drug-likeness (QED) is 0.579. The van der Waals surface area contributed by atoms with Crippen LogP contribution < -0.4 is 5.32 Å². The van der Waals surface area contributed by atoms with Gasteiger partial charge in [0.25, 0.3) is 0 Å². The SMILES string of the molecule is CCNC(=O)OCC. The molecule has 0 saturated heterocycles. The minimum atomic E-state index is -0.338. The zero-order chi connectivity index (χ0) is 6.41. The van der Waals surface area contributed by atoms with Crippen LogP contribution in [-0.2, 0) is 4.74 Å². The number of hydrogen-bond acceptors (Lipinski definition) is 2. The van der Waals surface area contributed by atoms with Crippen molar-refractivity contribution in [3.05, 3.63) is 0 Å². The van der Waals surface area contributed by atoms with Gasteiger partial charge in [0.2, 0.25) is 0 Å². The standard InChI is InChI=1S/C5H11NO2/c1-3-6-5(7)8-4-2/h3-4H2,1-2H3,(H,6,7). The summed E-state index contributed by atoms with van der Waals surface area (Å²) in [6, 6.07) is 0. The van der Waals surface area contributed by atoms with Crippen LogP contribution >= 0.6 is 0 Å². The second-order valence-electron chi connectivity index (χ2n) is 1.25. The van der Waals surface area contributed by atoms with Crippen LogP contribution in [0.4, 0.5) is 4.79 Å². The van der Waals surface area contributed by atoms with Crippen LogP contribution in [0.1, 0.15) is 13.8 Å². The Morgan fingerprint density at radius 1 is 1.62 bits per heavy atom. The molecule has 3 nitrogen and oxygen atoms in total. The van der Waals surface area contributed by atoms with Gasteiger partial charge in [-0.3, -0.25) is 0 Å². The van der Waals surface area contributed by atoms with E-state index >= 15 is 0 Å². The van der Waals surface area contributed by atoms with Gasteiger partial charge in [-0.25, -0.2) is 4.79 Å². The molecule has 0 aromatic rings. The summed E-state index contributed by atoms with van der Waals surface area (Å²) < 4.78 is 4.53. The number of alkyl carbamates (subject to hydrolysis) is 1. The van der Waals surface area contributed by atoms with Crippen LogP contribution in [0.5, 0.6) is 0 Å². The summed E-state index contributed by atoms with van der Waals surface area (Å²) >= 11 is 0. The maximum Gasteiger partial charge on any atom is 0.407 e. The molecule has 48 valence electrons. The van der Waals surface area contributed by atoms with Gasteiger partial charge in [-0.05, 0) is 13.8 Å². The summed E-state index contributed by atoms with van der Waals surface area (Å²) in [5.74, 6) is 0. The lowest BCUT2D eigenvalue weighted by Gasteiger charge is -1.99. The normalized spacial score (nSPS) is 8.25. The molecule has 0 aliphatic heterocycles. The number of rotatable bonds is 2. The molecule has 1 N–H and O–H groups in total. The van der Waals surface area contributed by atoms with Gasteiger partial charge in [0.15, 0.2) is 0 Å². The minimum absolute atomic E-state index is 0.338. The molecule has 0 saturated carbocycles. The highest BCUT2D eigenvalue weighted by Gasteiger charge is 1.92. The van der Waals surface area contributed by atoms with E-state index in [1.54, 1.807) is 6.92 Å². The number of nitrogens with one attached hydrogen (secondary N) is 1. The molecule has 0 aliphatic carbocycles. The molecule has 0 aromatic carbocycles. The van der Waals surface area contributed by atoms with Gasteiger partial charge < -0.3 is 10.1 Å². The molecular weight excluding hydrogens is 106 g/mol. The number of carbonyl (C=O) groups is 1. The smallest absolute Gasteiger partial charge is 0.407 e. The summed E-state index contributed by atoms with van der Waals surface area (Å²) in [6.07, 6.45) is -0.338. The topological polar surface area (TPSA) is 38.3 Å². The van der Waals surface area contributed by atoms with Crippen LogP contribution in [0, 0.1) is 0 Å². The Morgan fingerprint density at radius 2 is 2.25 bits per heavy atom. The highest BCUT2D eigenvalue weighted by Crippen LogP contribution is 1.72. The van der Waals surface area contributed by atoms with Crippen molar-refractivity contribution >= 4 is 6.09 Å². The molecule has 3 heteroatoms. The van der Waals surface area contributed by atoms with E-state index in [0.717, 1.165) is 0 Å². The monoisotopic (exact) mass is 117 g/mol. The maximum atomic E-state index is 10.3. The Bertz CT molecular complexity index is 64.8. The number of hydrogen-bond donors (Lipinski definition) is 1. The molecule has 0 fully saturated rings. The Balaban J connectivity index is 3.06. The predicted molar refractivity (Wildman–Crippen MR) is 30.7 cm³/mol. The van der Waals surface area contributed by atoms with Crippen molar-refractivity contribution in [2.45, 2.75) is 13.8 Å². The zero-order valence-electron chi connectivity index (χ0n) is 5.23. The van der Waals surface area contributed by atoms with Crippen molar-refractivity contribution in [2.24, 2.45) is 0 Å². The van der Waals surface area contributed by atoms with Crippen LogP contribution in [0.3, 0.4) is 0 Å². The van der Waals surface area contributed by atoms with Crippen molar-refractivity contribution in [2.75, 3.05) is 13.2 Å². The van der Waals surface area contributed by atoms with E-state index < -0.39 is 0 Å². The summed E-state index contributed by atoms with van der Waals surface area (Å²) in [6.45, 7) is 4.68. The van der Waals surface area contributed by atoms with Crippen LogP contribution in [-0.4, -0.2) is 19.2 Å². The van der Waals surface area contributed by atoms with E-state index in [1.165, 1.54) is 0 Å². The molecule has 0 spiro atoms. The van der Waals surface area contributed by atoms with Crippen LogP contribution in [0.15, 0.2) is 0 Å². The fraction of sp³-hybridized carbons (Fsp3) is 0.800. The van der Waals surface area contributed by atoms with Crippen LogP contribution in [0.25, 0.3) is 0 Å². The number of carbonyl (C=O) groups excluding carboxylic acids is 1. The van der Waals surface area contributed by atoms with E-state index in [1.807, 2.05) is 6.92 Å². The molecule has 0 unspecified atom stereocenters. The lowest BCUT2D eigenvalue weighted by molar-refractivity contribution is 0.153. The molecule has 0 rings (SSSR count). The van der Waals surface area contributed by atoms with Gasteiger partial charge in [0.1, 0.15) is 0 Å². The Kier molecular flexibility index (Phi) is 4.03. The fourth-order valence-electron chi connectivity index (χ4n) is 0.326. The van der Waals surface area contributed by atoms with Crippen molar-refractivity contribution in [3.8, 4) is 0 Å². The van der Waals surface area contributed by atoms with E-state index in [4.69, 9.17) is 0 Å². The first kappa shape index (κ1) is 7.27. The van der Waals surface area contributed by atoms with Gasteiger partial charge in [0, 0.05) is 6.54 Å². The summed E-state index contributed by atoms with van der Waals surface area (Å²) in [4.78, 5) is 10.3. The van der Waals surface area contributed by atoms with E-state index in [0.29, 0.717) is 13.2 Å². The third kappa shape index (κ3) is 3.46. The molecule has 0 bridgehead atoms. The molecule has 0 aromatic heterocycles. The maximum absolute atomic E-state index is 10.3. The Morgan fingerprint density at radius 3 is 2.62 bits per heavy atom. The van der Waals surface area contributed by atoms with Gasteiger partial charge in [-0.15, -0.1) is 0 Å². The van der Waals surface area contributed by atoms with E-state index in [-0.39, 0.29) is 6.09 Å². The number of amides is 1. The number of ether oxygens (including phenoxy) is 1. The van der Waals surface area contributed by atoms with Gasteiger partial charge in [-0.1, -0.05) is 0 Å². The van der Waals surface area contributed by atoms with Crippen molar-refractivity contribution < 1.29 is 9.53 Å². The average molecular weight is 117 g/mol. The first-order valence-corrected chi connectivity index (χ1v) is 2.71. The lowest BCUT2D eigenvalue weighted by Crippen LogP contribution is -2.23. The fourth-order valence-corrected chi connectivity index (χ4v) is 0.326. The van der Waals surface area contributed by atoms with Crippen molar-refractivity contribution in [1.82, 2.24) is 5.32 Å². The highest BCUT2D eigenvalue weighted by atomic mass is 16.5. The third-order valence-electron chi connectivity index (χ3n) is 0.597. The molecule has 1 amide bonds. The third-order valence-corrected chi connectivity index (χ3v) is 0.597. The average Bonchev–Trinajstić information content (AvgIpc) is 1.68. The zero-order valence-corrected chi connectivity index (χ0v) is 5.23. The summed E-state index contributed by atoms with van der Waals surface area (Å²) in [7, 11) is 0. The van der Waals surface area contributed by atoms with Gasteiger partial charge in [0.05, 0.1) is 6.61 Å². The first-order valence-electron chi connectivity index (χ1n) is 2.71. The molecule has 0 radical (unpaired) electrons. The van der Waals surface area contributed by atoms with Crippen LogP contribution in [0.2, 0.25) is 0 Å². The van der Waals surface area contributed by atoms with E-state index in [9.17, 15) is 4.79 Å². The minimum Gasteiger partial charge on any atom is -0.450 e. The lowest BCUT2D eigenvalue weighted by atomic mass is 10.7.